The number of hydrogen-bond donors (Lipinski definition) is 2. The van der Waals surface area contributed by atoms with Gasteiger partial charge in [-0.05, 0) is 42.9 Å². The Bertz CT molecular complexity index is 1600. The summed E-state index contributed by atoms with van der Waals surface area (Å²) in [5.41, 5.74) is 1.75. The van der Waals surface area contributed by atoms with Crippen molar-refractivity contribution in [3.05, 3.63) is 89.5 Å². The van der Waals surface area contributed by atoms with Gasteiger partial charge in [0.25, 0.3) is 5.91 Å². The molecule has 0 radical (unpaired) electrons. The quantitative estimate of drug-likeness (QED) is 0.357. The van der Waals surface area contributed by atoms with E-state index in [1.54, 1.807) is 17.1 Å². The smallest absolute Gasteiger partial charge is 0.313 e. The third-order valence-electron chi connectivity index (χ3n) is 10.5. The maximum atomic E-state index is 15.2. The van der Waals surface area contributed by atoms with Crippen LogP contribution >= 0.6 is 0 Å². The molecule has 2 N–H and O–H groups in total. The van der Waals surface area contributed by atoms with E-state index in [0.717, 1.165) is 16.8 Å². The maximum Gasteiger partial charge on any atom is 0.313 e. The van der Waals surface area contributed by atoms with Crippen molar-refractivity contribution in [3.8, 4) is 0 Å². The molecule has 10 heteroatoms. The van der Waals surface area contributed by atoms with Gasteiger partial charge in [0.05, 0.1) is 31.2 Å². The molecule has 4 aliphatic rings. The van der Waals surface area contributed by atoms with Gasteiger partial charge in [0.15, 0.2) is 0 Å². The van der Waals surface area contributed by atoms with Gasteiger partial charge in [-0.3, -0.25) is 19.2 Å². The van der Waals surface area contributed by atoms with Crippen molar-refractivity contribution in [2.45, 2.75) is 76.9 Å². The first kappa shape index (κ1) is 33.6. The molecule has 0 unspecified atom stereocenters. The molecule has 0 aromatic heterocycles. The van der Waals surface area contributed by atoms with Crippen molar-refractivity contribution < 1.29 is 33.8 Å². The normalized spacial score (nSPS) is 31.0. The van der Waals surface area contributed by atoms with Crippen LogP contribution in [0.5, 0.6) is 0 Å². The second-order valence-corrected chi connectivity index (χ2v) is 13.4. The first-order valence-corrected chi connectivity index (χ1v) is 17.0. The molecule has 2 aromatic carbocycles. The van der Waals surface area contributed by atoms with Crippen molar-refractivity contribution in [3.63, 3.8) is 0 Å². The third-order valence-corrected chi connectivity index (χ3v) is 10.5. The van der Waals surface area contributed by atoms with Crippen LogP contribution in [0.2, 0.25) is 0 Å². The number of carbonyl (C=O) groups excluding carboxylic acids is 4. The Kier molecular flexibility index (Phi) is 9.58. The monoisotopic (exact) mass is 655 g/mol. The Morgan fingerprint density at radius 3 is 2.42 bits per heavy atom. The molecule has 2 aromatic rings. The lowest BCUT2D eigenvalue weighted by Crippen LogP contribution is -2.60. The lowest BCUT2D eigenvalue weighted by molar-refractivity contribution is -0.160. The molecular formula is C38H45N3O7. The van der Waals surface area contributed by atoms with Crippen LogP contribution in [0.1, 0.15) is 55.9 Å². The average molecular weight is 656 g/mol. The van der Waals surface area contributed by atoms with Crippen LogP contribution in [0.3, 0.4) is 0 Å². The van der Waals surface area contributed by atoms with Gasteiger partial charge >= 0.3 is 5.97 Å². The topological polar surface area (TPSA) is 125 Å². The van der Waals surface area contributed by atoms with Crippen molar-refractivity contribution in [2.24, 2.45) is 17.8 Å². The van der Waals surface area contributed by atoms with Gasteiger partial charge in [0, 0.05) is 18.7 Å². The van der Waals surface area contributed by atoms with Gasteiger partial charge in [0.2, 0.25) is 11.8 Å². The third kappa shape index (κ3) is 5.75. The summed E-state index contributed by atoms with van der Waals surface area (Å²) < 4.78 is 12.7. The number of likely N-dealkylation sites (tertiary alicyclic amines) is 1. The predicted molar refractivity (Wildman–Crippen MR) is 180 cm³/mol. The fourth-order valence-corrected chi connectivity index (χ4v) is 7.92. The fourth-order valence-electron chi connectivity index (χ4n) is 7.92. The Balaban J connectivity index is 1.49. The first-order valence-electron chi connectivity index (χ1n) is 17.0. The highest BCUT2D eigenvalue weighted by atomic mass is 16.6. The number of esters is 1. The van der Waals surface area contributed by atoms with Gasteiger partial charge in [-0.1, -0.05) is 93.1 Å². The van der Waals surface area contributed by atoms with Crippen LogP contribution in [-0.4, -0.2) is 77.2 Å². The highest BCUT2D eigenvalue weighted by molar-refractivity contribution is 6.06. The van der Waals surface area contributed by atoms with Crippen LogP contribution in [0.15, 0.2) is 72.8 Å². The summed E-state index contributed by atoms with van der Waals surface area (Å²) in [6, 6.07) is 13.1. The van der Waals surface area contributed by atoms with E-state index in [0.29, 0.717) is 18.4 Å². The summed E-state index contributed by atoms with van der Waals surface area (Å²) in [4.78, 5) is 60.2. The molecule has 254 valence electrons. The van der Waals surface area contributed by atoms with Gasteiger partial charge in [0.1, 0.15) is 23.7 Å². The number of aliphatic hydroxyl groups is 1. The molecule has 5 bridgehead atoms. The standard InChI is InChI=1S/C38H45N3O7/c1-5-23(2)27(22-42)41-34-36(45)40(33-24(3)13-12-14-25(33)4)20-11-7-10-17-30(43)39-21-29(26-15-8-6-9-16-26)47-37(46)31-28-18-19-38(34,48-28)32(31)35(41)44/h6-9,11-16,18-19,23,27-29,31-32,34,42H,5,10,17,20-22H2,1-4H3,(H,39,43)/b11-7-/t23-,27-,28-,29-,31+,32+,34-,38+/m0/s1. The Morgan fingerprint density at radius 2 is 1.73 bits per heavy atom. The van der Waals surface area contributed by atoms with E-state index in [4.69, 9.17) is 9.47 Å². The number of fused-ring (bicyclic) bond motifs is 2. The van der Waals surface area contributed by atoms with E-state index in [-0.39, 0.29) is 43.8 Å². The average Bonchev–Trinajstić information content (AvgIpc) is 3.73. The Morgan fingerprint density at radius 1 is 1.00 bits per heavy atom. The number of aryl methyl sites for hydroxylation is 2. The molecule has 8 atom stereocenters. The zero-order valence-electron chi connectivity index (χ0n) is 28.0. The summed E-state index contributed by atoms with van der Waals surface area (Å²) in [6.45, 7) is 7.70. The molecule has 4 aliphatic heterocycles. The summed E-state index contributed by atoms with van der Waals surface area (Å²) >= 11 is 0. The summed E-state index contributed by atoms with van der Waals surface area (Å²) in [5, 5.41) is 13.7. The van der Waals surface area contributed by atoms with E-state index in [2.05, 4.69) is 5.32 Å². The number of amides is 3. The maximum absolute atomic E-state index is 15.2. The second-order valence-electron chi connectivity index (χ2n) is 13.4. The fraction of sp³-hybridized carbons (Fsp3) is 0.474. The number of cyclic esters (lactones) is 1. The van der Waals surface area contributed by atoms with Gasteiger partial charge in [-0.15, -0.1) is 0 Å². The number of ether oxygens (including phenoxy) is 2. The van der Waals surface area contributed by atoms with Gasteiger partial charge in [-0.25, -0.2) is 0 Å². The zero-order chi connectivity index (χ0) is 34.2. The van der Waals surface area contributed by atoms with Crippen molar-refractivity contribution in [1.82, 2.24) is 10.2 Å². The molecule has 0 aliphatic carbocycles. The summed E-state index contributed by atoms with van der Waals surface area (Å²) in [6.07, 6.45) is 7.01. The number of aliphatic hydroxyl groups excluding tert-OH is 1. The van der Waals surface area contributed by atoms with E-state index in [1.165, 1.54) is 4.90 Å². The summed E-state index contributed by atoms with van der Waals surface area (Å²) in [5.74, 6) is -3.81. The van der Waals surface area contributed by atoms with E-state index >= 15 is 4.79 Å². The SMILES string of the molecule is CC[C@H](C)[C@H](CO)N1C(=O)[C@H]2[C@@H]3C(=O)O[C@H](c4ccccc4)CNC(=O)CC/C=C\CN(c4c(C)cccc4C)C(=O)[C@H]1[C@@]21C=C[C@@H]3O1. The van der Waals surface area contributed by atoms with Crippen molar-refractivity contribution in [2.75, 3.05) is 24.6 Å². The summed E-state index contributed by atoms with van der Waals surface area (Å²) in [7, 11) is 0. The molecule has 2 saturated heterocycles. The van der Waals surface area contributed by atoms with Crippen LogP contribution < -0.4 is 10.2 Å². The molecule has 10 nitrogen and oxygen atoms in total. The Labute approximate surface area is 281 Å². The minimum atomic E-state index is -1.44. The van der Waals surface area contributed by atoms with Crippen LogP contribution in [0, 0.1) is 31.6 Å². The van der Waals surface area contributed by atoms with E-state index < -0.39 is 53.6 Å². The molecule has 1 spiro atoms. The zero-order valence-corrected chi connectivity index (χ0v) is 28.0. The Hall–Kier alpha value is -4.28. The highest BCUT2D eigenvalue weighted by Crippen LogP contribution is 2.57. The number of allylic oxidation sites excluding steroid dienone is 1. The number of para-hydroxylation sites is 1. The van der Waals surface area contributed by atoms with E-state index in [9.17, 15) is 19.5 Å². The van der Waals surface area contributed by atoms with Crippen LogP contribution in [-0.2, 0) is 28.7 Å². The van der Waals surface area contributed by atoms with Crippen molar-refractivity contribution >= 4 is 29.4 Å². The number of benzene rings is 2. The van der Waals surface area contributed by atoms with Crippen LogP contribution in [0.25, 0.3) is 0 Å². The number of nitrogens with zero attached hydrogens (tertiary/aromatic N) is 2. The molecule has 48 heavy (non-hydrogen) atoms. The highest BCUT2D eigenvalue weighted by Gasteiger charge is 2.74. The number of anilines is 1. The molecule has 2 fully saturated rings. The molecule has 6 rings (SSSR count). The minimum Gasteiger partial charge on any atom is -0.455 e. The largest absolute Gasteiger partial charge is 0.455 e. The number of hydrogen-bond acceptors (Lipinski definition) is 7. The predicted octanol–water partition coefficient (Wildman–Crippen LogP) is 3.94. The lowest BCUT2D eigenvalue weighted by atomic mass is 9.74. The molecule has 3 amide bonds. The number of carbonyl (C=O) groups is 4. The molecule has 4 heterocycles. The van der Waals surface area contributed by atoms with Crippen LogP contribution in [0.4, 0.5) is 5.69 Å². The van der Waals surface area contributed by atoms with Gasteiger partial charge in [-0.2, -0.15) is 0 Å². The molecule has 0 saturated carbocycles. The minimum absolute atomic E-state index is 0.0598. The van der Waals surface area contributed by atoms with Crippen molar-refractivity contribution in [1.29, 1.82) is 0 Å². The number of nitrogens with one attached hydrogen (secondary N) is 1. The lowest BCUT2D eigenvalue weighted by Gasteiger charge is -2.41. The van der Waals surface area contributed by atoms with E-state index in [1.807, 2.05) is 88.4 Å². The first-order chi connectivity index (χ1) is 23.1. The second kappa shape index (κ2) is 13.7. The van der Waals surface area contributed by atoms with Gasteiger partial charge < -0.3 is 29.7 Å². The number of rotatable bonds is 6. The molecular weight excluding hydrogens is 610 g/mol.